The van der Waals surface area contributed by atoms with Crippen LogP contribution in [0.25, 0.3) is 0 Å². The topological polar surface area (TPSA) is 73.4 Å². The summed E-state index contributed by atoms with van der Waals surface area (Å²) in [7, 11) is 0. The van der Waals surface area contributed by atoms with Gasteiger partial charge in [-0.25, -0.2) is 0 Å². The van der Waals surface area contributed by atoms with Crippen LogP contribution in [0.5, 0.6) is 0 Å². The Labute approximate surface area is 193 Å². The summed E-state index contributed by atoms with van der Waals surface area (Å²) in [5.41, 5.74) is 0. The van der Waals surface area contributed by atoms with Crippen molar-refractivity contribution < 1.29 is 9.90 Å². The molecule has 0 spiro atoms. The predicted molar refractivity (Wildman–Crippen MR) is 135 cm³/mol. The number of hydrogen-bond acceptors (Lipinski definition) is 4. The maximum atomic E-state index is 10.4. The van der Waals surface area contributed by atoms with Gasteiger partial charge in [-0.3, -0.25) is 4.79 Å². The summed E-state index contributed by atoms with van der Waals surface area (Å²) in [6.45, 7) is 8.61. The van der Waals surface area contributed by atoms with Crippen molar-refractivity contribution in [3.8, 4) is 0 Å². The van der Waals surface area contributed by atoms with Gasteiger partial charge in [-0.1, -0.05) is 84.0 Å². The van der Waals surface area contributed by atoms with Crippen molar-refractivity contribution in [2.75, 3.05) is 39.3 Å². The molecule has 5 heteroatoms. The molecule has 0 bridgehead atoms. The van der Waals surface area contributed by atoms with Gasteiger partial charge in [0, 0.05) is 19.5 Å². The molecule has 0 saturated carbocycles. The molecule has 0 aliphatic rings. The quantitative estimate of drug-likeness (QED) is 0.120. The number of rotatable bonds is 27. The Morgan fingerprint density at radius 2 is 0.806 bits per heavy atom. The van der Waals surface area contributed by atoms with Crippen molar-refractivity contribution in [3.05, 3.63) is 0 Å². The van der Waals surface area contributed by atoms with E-state index in [1.54, 1.807) is 0 Å². The van der Waals surface area contributed by atoms with E-state index in [9.17, 15) is 4.79 Å². The highest BCUT2D eigenvalue weighted by Crippen LogP contribution is 2.11. The lowest BCUT2D eigenvalue weighted by Gasteiger charge is -2.07. The van der Waals surface area contributed by atoms with Gasteiger partial charge in [0.1, 0.15) is 0 Å². The lowest BCUT2D eigenvalue weighted by atomic mass is 10.1. The van der Waals surface area contributed by atoms with Crippen LogP contribution in [-0.2, 0) is 4.79 Å². The van der Waals surface area contributed by atoms with E-state index in [2.05, 4.69) is 22.9 Å². The number of hydrogen-bond donors (Lipinski definition) is 4. The lowest BCUT2D eigenvalue weighted by Crippen LogP contribution is -2.28. The summed E-state index contributed by atoms with van der Waals surface area (Å²) in [6.07, 6.45) is 22.9. The highest BCUT2D eigenvalue weighted by molar-refractivity contribution is 5.66. The zero-order valence-corrected chi connectivity index (χ0v) is 20.8. The van der Waals surface area contributed by atoms with Gasteiger partial charge in [0.25, 0.3) is 0 Å². The molecule has 0 atom stereocenters. The van der Waals surface area contributed by atoms with Gasteiger partial charge in [0.2, 0.25) is 0 Å². The van der Waals surface area contributed by atoms with Gasteiger partial charge in [-0.05, 0) is 58.3 Å². The van der Waals surface area contributed by atoms with E-state index in [-0.39, 0.29) is 6.42 Å². The Balaban J connectivity index is 3.00. The molecule has 0 aliphatic heterocycles. The molecule has 0 amide bonds. The summed E-state index contributed by atoms with van der Waals surface area (Å²) in [6, 6.07) is 0. The summed E-state index contributed by atoms with van der Waals surface area (Å²) in [5, 5.41) is 19.0. The first-order valence-corrected chi connectivity index (χ1v) is 13.6. The highest BCUT2D eigenvalue weighted by atomic mass is 16.4. The van der Waals surface area contributed by atoms with Gasteiger partial charge < -0.3 is 21.1 Å². The number of aliphatic carboxylic acids is 1. The zero-order valence-electron chi connectivity index (χ0n) is 20.8. The molecule has 0 rings (SSSR count). The van der Waals surface area contributed by atoms with Gasteiger partial charge in [0.15, 0.2) is 0 Å². The summed E-state index contributed by atoms with van der Waals surface area (Å²) in [4.78, 5) is 10.4. The normalized spacial score (nSPS) is 11.3. The zero-order chi connectivity index (χ0) is 22.7. The second kappa shape index (κ2) is 27.4. The van der Waals surface area contributed by atoms with Crippen molar-refractivity contribution in [3.63, 3.8) is 0 Å². The first-order chi connectivity index (χ1) is 15.3. The highest BCUT2D eigenvalue weighted by Gasteiger charge is 1.96. The minimum absolute atomic E-state index is 0.286. The van der Waals surface area contributed by atoms with Crippen LogP contribution < -0.4 is 16.0 Å². The molecule has 5 nitrogen and oxygen atoms in total. The van der Waals surface area contributed by atoms with Gasteiger partial charge in [-0.2, -0.15) is 0 Å². The van der Waals surface area contributed by atoms with Gasteiger partial charge >= 0.3 is 5.97 Å². The Morgan fingerprint density at radius 3 is 1.23 bits per heavy atom. The van der Waals surface area contributed by atoms with Crippen LogP contribution in [-0.4, -0.2) is 50.3 Å². The fraction of sp³-hybridized carbons (Fsp3) is 0.962. The molecule has 0 radical (unpaired) electrons. The van der Waals surface area contributed by atoms with Crippen LogP contribution in [0.2, 0.25) is 0 Å². The van der Waals surface area contributed by atoms with E-state index in [1.165, 1.54) is 103 Å². The average Bonchev–Trinajstić information content (AvgIpc) is 2.76. The molecule has 0 saturated heterocycles. The van der Waals surface area contributed by atoms with Crippen molar-refractivity contribution in [1.82, 2.24) is 16.0 Å². The number of carboxylic acids is 1. The minimum atomic E-state index is -0.693. The average molecular weight is 442 g/mol. The van der Waals surface area contributed by atoms with Crippen LogP contribution in [0.3, 0.4) is 0 Å². The number of carbonyl (C=O) groups is 1. The standard InChI is InChI=1S/C26H55N3O2/c1-2-3-4-5-6-7-8-9-10-11-12-15-20-27-21-16-13-17-22-28-24-25-29-23-18-14-19-26(30)31/h27-29H,2-25H2,1H3,(H,30,31). The molecule has 0 aliphatic carbocycles. The minimum Gasteiger partial charge on any atom is -0.481 e. The van der Waals surface area contributed by atoms with Crippen LogP contribution in [0.4, 0.5) is 0 Å². The molecule has 0 fully saturated rings. The SMILES string of the molecule is CCCCCCCCCCCCCCNCCCCCNCCNCCCCC(=O)O. The Kier molecular flexibility index (Phi) is 26.8. The lowest BCUT2D eigenvalue weighted by molar-refractivity contribution is -0.137. The largest absolute Gasteiger partial charge is 0.481 e. The molecule has 0 aromatic heterocycles. The molecular formula is C26H55N3O2. The molecule has 0 unspecified atom stereocenters. The Hall–Kier alpha value is -0.650. The smallest absolute Gasteiger partial charge is 0.303 e. The Bertz CT molecular complexity index is 354. The molecule has 4 N–H and O–H groups in total. The summed E-state index contributed by atoms with van der Waals surface area (Å²) < 4.78 is 0. The predicted octanol–water partition coefficient (Wildman–Crippen LogP) is 5.88. The van der Waals surface area contributed by atoms with Crippen molar-refractivity contribution in [2.24, 2.45) is 0 Å². The fourth-order valence-electron chi connectivity index (χ4n) is 3.85. The second-order valence-corrected chi connectivity index (χ2v) is 9.05. The van der Waals surface area contributed by atoms with Crippen molar-refractivity contribution in [1.29, 1.82) is 0 Å². The van der Waals surface area contributed by atoms with Crippen LogP contribution in [0.1, 0.15) is 122 Å². The van der Waals surface area contributed by atoms with Crippen molar-refractivity contribution >= 4 is 5.97 Å². The van der Waals surface area contributed by atoms with Gasteiger partial charge in [0.05, 0.1) is 0 Å². The van der Waals surface area contributed by atoms with E-state index in [0.717, 1.165) is 45.6 Å². The molecule has 0 heterocycles. The number of nitrogens with one attached hydrogen (secondary N) is 3. The van der Waals surface area contributed by atoms with Gasteiger partial charge in [-0.15, -0.1) is 0 Å². The number of unbranched alkanes of at least 4 members (excludes halogenated alkanes) is 14. The van der Waals surface area contributed by atoms with E-state index in [4.69, 9.17) is 5.11 Å². The van der Waals surface area contributed by atoms with E-state index >= 15 is 0 Å². The molecular weight excluding hydrogens is 386 g/mol. The molecule has 0 aromatic carbocycles. The first-order valence-electron chi connectivity index (χ1n) is 13.6. The van der Waals surface area contributed by atoms with Crippen LogP contribution >= 0.6 is 0 Å². The van der Waals surface area contributed by atoms with E-state index in [1.807, 2.05) is 0 Å². The molecule has 31 heavy (non-hydrogen) atoms. The monoisotopic (exact) mass is 441 g/mol. The van der Waals surface area contributed by atoms with Crippen LogP contribution in [0.15, 0.2) is 0 Å². The third kappa shape index (κ3) is 29.4. The molecule has 0 aromatic rings. The third-order valence-corrected chi connectivity index (χ3v) is 5.89. The number of carboxylic acid groups (broad SMARTS) is 1. The fourth-order valence-corrected chi connectivity index (χ4v) is 3.85. The summed E-state index contributed by atoms with van der Waals surface area (Å²) >= 11 is 0. The maximum absolute atomic E-state index is 10.4. The van der Waals surface area contributed by atoms with E-state index in [0.29, 0.717) is 0 Å². The molecule has 186 valence electrons. The second-order valence-electron chi connectivity index (χ2n) is 9.05. The summed E-state index contributed by atoms with van der Waals surface area (Å²) in [5.74, 6) is -0.693. The third-order valence-electron chi connectivity index (χ3n) is 5.89. The van der Waals surface area contributed by atoms with Crippen LogP contribution in [0, 0.1) is 0 Å². The maximum Gasteiger partial charge on any atom is 0.303 e. The first kappa shape index (κ1) is 30.4. The Morgan fingerprint density at radius 1 is 0.484 bits per heavy atom. The van der Waals surface area contributed by atoms with E-state index < -0.39 is 5.97 Å². The van der Waals surface area contributed by atoms with Crippen molar-refractivity contribution in [2.45, 2.75) is 122 Å².